The summed E-state index contributed by atoms with van der Waals surface area (Å²) in [5.74, 6) is -1.23. The highest BCUT2D eigenvalue weighted by molar-refractivity contribution is 6.05. The van der Waals surface area contributed by atoms with Crippen molar-refractivity contribution in [1.29, 1.82) is 0 Å². The van der Waals surface area contributed by atoms with Crippen molar-refractivity contribution in [3.63, 3.8) is 0 Å². The predicted molar refractivity (Wildman–Crippen MR) is 112 cm³/mol. The van der Waals surface area contributed by atoms with Crippen LogP contribution in [0.25, 0.3) is 0 Å². The molecule has 162 valence electrons. The van der Waals surface area contributed by atoms with Crippen LogP contribution in [0.4, 0.5) is 24.5 Å². The van der Waals surface area contributed by atoms with Crippen molar-refractivity contribution < 1.29 is 22.8 Å². The monoisotopic (exact) mass is 421 g/mol. The second kappa shape index (κ2) is 9.65. The molecular weight excluding hydrogens is 395 g/mol. The van der Waals surface area contributed by atoms with Gasteiger partial charge in [-0.25, -0.2) is 0 Å². The topological polar surface area (TPSA) is 61.4 Å². The second-order valence-electron chi connectivity index (χ2n) is 7.21. The molecule has 0 bridgehead atoms. The Bertz CT molecular complexity index is 893. The van der Waals surface area contributed by atoms with Crippen molar-refractivity contribution in [2.75, 3.05) is 23.3 Å². The van der Waals surface area contributed by atoms with Crippen molar-refractivity contribution in [2.24, 2.45) is 0 Å². The molecule has 0 saturated heterocycles. The summed E-state index contributed by atoms with van der Waals surface area (Å²) in [6, 6.07) is 11.8. The standard InChI is InChI=1S/C22H26F3N3O2/c1-5-28(14(2)3)18-10-8-16(9-11-18)21(30)27-19-12-17(7-6-15(19)4)20(29)26-13-22(23,24)25/h6-12,14H,5,13H2,1-4H3,(H,26,29)(H,27,30). The van der Waals surface area contributed by atoms with Gasteiger partial charge in [-0.15, -0.1) is 0 Å². The lowest BCUT2D eigenvalue weighted by molar-refractivity contribution is -0.123. The zero-order valence-electron chi connectivity index (χ0n) is 17.4. The van der Waals surface area contributed by atoms with Crippen molar-refractivity contribution in [2.45, 2.75) is 39.9 Å². The lowest BCUT2D eigenvalue weighted by Crippen LogP contribution is -2.33. The Morgan fingerprint density at radius 3 is 2.13 bits per heavy atom. The summed E-state index contributed by atoms with van der Waals surface area (Å²) in [5.41, 5.74) is 2.52. The highest BCUT2D eigenvalue weighted by Crippen LogP contribution is 2.21. The predicted octanol–water partition coefficient (Wildman–Crippen LogP) is 4.77. The molecular formula is C22H26F3N3O2. The van der Waals surface area contributed by atoms with Gasteiger partial charge in [0.25, 0.3) is 11.8 Å². The second-order valence-corrected chi connectivity index (χ2v) is 7.21. The molecule has 2 aromatic rings. The number of rotatable bonds is 7. The molecule has 0 spiro atoms. The Kier molecular flexibility index (Phi) is 7.48. The summed E-state index contributed by atoms with van der Waals surface area (Å²) >= 11 is 0. The minimum Gasteiger partial charge on any atom is -0.369 e. The van der Waals surface area contributed by atoms with Crippen LogP contribution in [0.15, 0.2) is 42.5 Å². The van der Waals surface area contributed by atoms with Crippen LogP contribution in [0.2, 0.25) is 0 Å². The highest BCUT2D eigenvalue weighted by Gasteiger charge is 2.28. The number of aryl methyl sites for hydroxylation is 1. The summed E-state index contributed by atoms with van der Waals surface area (Å²) in [7, 11) is 0. The normalized spacial score (nSPS) is 11.3. The fourth-order valence-corrected chi connectivity index (χ4v) is 3.03. The molecule has 5 nitrogen and oxygen atoms in total. The van der Waals surface area contributed by atoms with Crippen LogP contribution in [-0.4, -0.2) is 37.1 Å². The molecule has 0 atom stereocenters. The fourth-order valence-electron chi connectivity index (χ4n) is 3.03. The van der Waals surface area contributed by atoms with E-state index in [0.29, 0.717) is 22.9 Å². The van der Waals surface area contributed by atoms with E-state index >= 15 is 0 Å². The zero-order chi connectivity index (χ0) is 22.5. The van der Waals surface area contributed by atoms with E-state index in [1.54, 1.807) is 25.1 Å². The lowest BCUT2D eigenvalue weighted by atomic mass is 10.1. The van der Waals surface area contributed by atoms with Crippen molar-refractivity contribution in [3.8, 4) is 0 Å². The van der Waals surface area contributed by atoms with E-state index in [4.69, 9.17) is 0 Å². The van der Waals surface area contributed by atoms with E-state index in [2.05, 4.69) is 31.0 Å². The first-order chi connectivity index (χ1) is 14.0. The number of halogens is 3. The third-order valence-corrected chi connectivity index (χ3v) is 4.62. The molecule has 0 aliphatic carbocycles. The Balaban J connectivity index is 2.13. The first kappa shape index (κ1) is 23.3. The summed E-state index contributed by atoms with van der Waals surface area (Å²) in [6.45, 7) is 7.39. The van der Waals surface area contributed by atoms with Gasteiger partial charge in [0.05, 0.1) is 0 Å². The highest BCUT2D eigenvalue weighted by atomic mass is 19.4. The van der Waals surface area contributed by atoms with E-state index in [9.17, 15) is 22.8 Å². The number of nitrogens with zero attached hydrogens (tertiary/aromatic N) is 1. The lowest BCUT2D eigenvalue weighted by Gasteiger charge is -2.27. The number of anilines is 2. The molecule has 30 heavy (non-hydrogen) atoms. The molecule has 0 aromatic heterocycles. The van der Waals surface area contributed by atoms with Gasteiger partial charge in [0.15, 0.2) is 0 Å². The molecule has 0 saturated carbocycles. The fraction of sp³-hybridized carbons (Fsp3) is 0.364. The quantitative estimate of drug-likeness (QED) is 0.677. The van der Waals surface area contributed by atoms with Crippen molar-refractivity contribution in [1.82, 2.24) is 5.32 Å². The molecule has 0 fully saturated rings. The van der Waals surface area contributed by atoms with E-state index in [-0.39, 0.29) is 11.5 Å². The van der Waals surface area contributed by atoms with Crippen LogP contribution in [0.5, 0.6) is 0 Å². The number of carbonyl (C=O) groups is 2. The van der Waals surface area contributed by atoms with Gasteiger partial charge in [-0.3, -0.25) is 9.59 Å². The van der Waals surface area contributed by atoms with Gasteiger partial charge in [-0.05, 0) is 69.7 Å². The molecule has 0 unspecified atom stereocenters. The first-order valence-corrected chi connectivity index (χ1v) is 9.65. The molecule has 2 aromatic carbocycles. The Morgan fingerprint density at radius 2 is 1.60 bits per heavy atom. The average Bonchev–Trinajstić information content (AvgIpc) is 2.68. The SMILES string of the molecule is CCN(c1ccc(C(=O)Nc2cc(C(=O)NCC(F)(F)F)ccc2C)cc1)C(C)C. The maximum atomic E-state index is 12.6. The minimum atomic E-state index is -4.49. The smallest absolute Gasteiger partial charge is 0.369 e. The number of alkyl halides is 3. The Labute approximate surface area is 174 Å². The third kappa shape index (κ3) is 6.23. The minimum absolute atomic E-state index is 0.0334. The zero-order valence-corrected chi connectivity index (χ0v) is 17.4. The van der Waals surface area contributed by atoms with Crippen LogP contribution in [0, 0.1) is 6.92 Å². The first-order valence-electron chi connectivity index (χ1n) is 9.65. The maximum Gasteiger partial charge on any atom is 0.405 e. The van der Waals surface area contributed by atoms with E-state index in [0.717, 1.165) is 12.2 Å². The van der Waals surface area contributed by atoms with Gasteiger partial charge in [0, 0.05) is 35.1 Å². The number of benzene rings is 2. The van der Waals surface area contributed by atoms with Crippen molar-refractivity contribution in [3.05, 3.63) is 59.2 Å². The molecule has 0 aliphatic heterocycles. The number of amides is 2. The summed E-state index contributed by atoms with van der Waals surface area (Å²) < 4.78 is 36.9. The molecule has 8 heteroatoms. The molecule has 2 amide bonds. The van der Waals surface area contributed by atoms with Crippen molar-refractivity contribution >= 4 is 23.2 Å². The number of nitrogens with one attached hydrogen (secondary N) is 2. The van der Waals surface area contributed by atoms with Gasteiger partial charge in [-0.1, -0.05) is 6.07 Å². The van der Waals surface area contributed by atoms with Crippen LogP contribution in [-0.2, 0) is 0 Å². The van der Waals surface area contributed by atoms with E-state index < -0.39 is 18.6 Å². The Hall–Kier alpha value is -3.03. The van der Waals surface area contributed by atoms with Crippen LogP contribution in [0.3, 0.4) is 0 Å². The van der Waals surface area contributed by atoms with Gasteiger partial charge in [0.2, 0.25) is 0 Å². The maximum absolute atomic E-state index is 12.6. The molecule has 2 rings (SSSR count). The number of hydrogen-bond acceptors (Lipinski definition) is 3. The van der Waals surface area contributed by atoms with E-state index in [1.165, 1.54) is 12.1 Å². The molecule has 0 radical (unpaired) electrons. The summed E-state index contributed by atoms with van der Waals surface area (Å²) in [5, 5.41) is 4.55. The Morgan fingerprint density at radius 1 is 1.00 bits per heavy atom. The summed E-state index contributed by atoms with van der Waals surface area (Å²) in [6.07, 6.45) is -4.49. The largest absolute Gasteiger partial charge is 0.405 e. The van der Waals surface area contributed by atoms with E-state index in [1.807, 2.05) is 17.4 Å². The number of carbonyl (C=O) groups excluding carboxylic acids is 2. The van der Waals surface area contributed by atoms with Gasteiger partial charge in [-0.2, -0.15) is 13.2 Å². The van der Waals surface area contributed by atoms with Gasteiger partial charge < -0.3 is 15.5 Å². The third-order valence-electron chi connectivity index (χ3n) is 4.62. The molecule has 0 aliphatic rings. The molecule has 2 N–H and O–H groups in total. The van der Waals surface area contributed by atoms with Crippen LogP contribution < -0.4 is 15.5 Å². The van der Waals surface area contributed by atoms with Crippen LogP contribution in [0.1, 0.15) is 47.1 Å². The summed E-state index contributed by atoms with van der Waals surface area (Å²) in [4.78, 5) is 26.8. The van der Waals surface area contributed by atoms with Gasteiger partial charge >= 0.3 is 6.18 Å². The van der Waals surface area contributed by atoms with Crippen LogP contribution >= 0.6 is 0 Å². The molecule has 0 heterocycles. The number of hydrogen-bond donors (Lipinski definition) is 2. The average molecular weight is 421 g/mol. The van der Waals surface area contributed by atoms with Gasteiger partial charge in [0.1, 0.15) is 6.54 Å².